The number of nitrogens with zero attached hydrogens (tertiary/aromatic N) is 3. The number of nitrogens with one attached hydrogen (secondary N) is 2. The van der Waals surface area contributed by atoms with E-state index in [2.05, 4.69) is 52.0 Å². The highest BCUT2D eigenvalue weighted by Crippen LogP contribution is 2.43. The van der Waals surface area contributed by atoms with Gasteiger partial charge >= 0.3 is 0 Å². The first kappa shape index (κ1) is 30.4. The summed E-state index contributed by atoms with van der Waals surface area (Å²) in [5.74, 6) is -0.133. The van der Waals surface area contributed by atoms with Crippen molar-refractivity contribution in [3.05, 3.63) is 162 Å². The lowest BCUT2D eigenvalue weighted by Gasteiger charge is -2.37. The number of fused-ring (bicyclic) bond motifs is 1. The van der Waals surface area contributed by atoms with Gasteiger partial charge in [-0.3, -0.25) is 14.6 Å². The van der Waals surface area contributed by atoms with Crippen molar-refractivity contribution in [2.75, 3.05) is 19.0 Å². The van der Waals surface area contributed by atoms with Gasteiger partial charge in [0.05, 0.1) is 29.1 Å². The topological polar surface area (TPSA) is 98.1 Å². The van der Waals surface area contributed by atoms with Gasteiger partial charge in [0.25, 0.3) is 5.91 Å². The molecule has 8 heteroatoms. The summed E-state index contributed by atoms with van der Waals surface area (Å²) in [4.78, 5) is 30.7. The zero-order valence-corrected chi connectivity index (χ0v) is 25.8. The molecule has 0 saturated heterocycles. The van der Waals surface area contributed by atoms with Gasteiger partial charge < -0.3 is 15.4 Å². The Balaban J connectivity index is 1.54. The lowest BCUT2D eigenvalue weighted by Crippen LogP contribution is -2.38. The van der Waals surface area contributed by atoms with Crippen molar-refractivity contribution in [1.82, 2.24) is 20.1 Å². The Hall–Kier alpha value is -5.60. The minimum Gasteiger partial charge on any atom is -0.375 e. The highest BCUT2D eigenvalue weighted by Gasteiger charge is 2.41. The van der Waals surface area contributed by atoms with E-state index < -0.39 is 5.54 Å². The normalized spacial score (nSPS) is 12.0. The van der Waals surface area contributed by atoms with Crippen molar-refractivity contribution in [2.45, 2.75) is 24.9 Å². The number of rotatable bonds is 11. The van der Waals surface area contributed by atoms with Gasteiger partial charge in [0.2, 0.25) is 5.91 Å². The molecule has 0 unspecified atom stereocenters. The van der Waals surface area contributed by atoms with Gasteiger partial charge in [0, 0.05) is 13.3 Å². The van der Waals surface area contributed by atoms with Crippen LogP contribution in [0.1, 0.15) is 40.9 Å². The molecule has 2 amide bonds. The minimum absolute atomic E-state index is 0.0681. The summed E-state index contributed by atoms with van der Waals surface area (Å²) in [6.07, 6.45) is 1.74. The van der Waals surface area contributed by atoms with E-state index in [9.17, 15) is 9.59 Å². The van der Waals surface area contributed by atoms with Crippen LogP contribution in [-0.4, -0.2) is 40.3 Å². The molecule has 0 spiro atoms. The van der Waals surface area contributed by atoms with Crippen LogP contribution in [0.25, 0.3) is 10.9 Å². The third-order valence-electron chi connectivity index (χ3n) is 8.07. The smallest absolute Gasteiger partial charge is 0.251 e. The van der Waals surface area contributed by atoms with E-state index in [1.54, 1.807) is 6.20 Å². The number of carbonyl (C=O) groups is 2. The van der Waals surface area contributed by atoms with Gasteiger partial charge in [-0.05, 0) is 35.2 Å². The van der Waals surface area contributed by atoms with Crippen molar-refractivity contribution >= 4 is 28.5 Å². The molecule has 2 aromatic heterocycles. The van der Waals surface area contributed by atoms with Crippen molar-refractivity contribution in [1.29, 1.82) is 0 Å². The first-order valence-corrected chi connectivity index (χ1v) is 15.2. The summed E-state index contributed by atoms with van der Waals surface area (Å²) in [5, 5.41) is 11.8. The monoisotopic (exact) mass is 609 g/mol. The summed E-state index contributed by atoms with van der Waals surface area (Å²) in [6, 6.07) is 42.1. The maximum atomic E-state index is 13.3. The fraction of sp³-hybridized carbons (Fsp3) is 0.158. The first-order chi connectivity index (χ1) is 22.5. The maximum Gasteiger partial charge on any atom is 0.251 e. The van der Waals surface area contributed by atoms with Gasteiger partial charge in [-0.15, -0.1) is 0 Å². The zero-order chi connectivity index (χ0) is 31.9. The highest BCUT2D eigenvalue weighted by molar-refractivity contribution is 6.00. The molecular weight excluding hydrogens is 574 g/mol. The number of carbonyl (C=O) groups excluding carboxylic acids is 2. The molecule has 0 bridgehead atoms. The Kier molecular flexibility index (Phi) is 8.98. The van der Waals surface area contributed by atoms with Crippen LogP contribution in [0.4, 0.5) is 5.82 Å². The molecule has 0 fully saturated rings. The average molecular weight is 610 g/mol. The molecule has 0 aliphatic rings. The van der Waals surface area contributed by atoms with Crippen molar-refractivity contribution < 1.29 is 14.3 Å². The lowest BCUT2D eigenvalue weighted by molar-refractivity contribution is -0.121. The molecule has 6 aromatic rings. The second-order valence-corrected chi connectivity index (χ2v) is 11.1. The Morgan fingerprint density at radius 1 is 0.783 bits per heavy atom. The molecule has 2 heterocycles. The van der Waals surface area contributed by atoms with Crippen LogP contribution < -0.4 is 10.6 Å². The van der Waals surface area contributed by atoms with Crippen LogP contribution in [0.5, 0.6) is 0 Å². The molecule has 2 N–H and O–H groups in total. The second-order valence-electron chi connectivity index (χ2n) is 11.1. The fourth-order valence-corrected chi connectivity index (χ4v) is 5.98. The van der Waals surface area contributed by atoms with Gasteiger partial charge in [0.1, 0.15) is 12.1 Å². The van der Waals surface area contributed by atoms with Crippen LogP contribution in [0.15, 0.2) is 134 Å². The molecule has 46 heavy (non-hydrogen) atoms. The third-order valence-corrected chi connectivity index (χ3v) is 8.07. The van der Waals surface area contributed by atoms with Gasteiger partial charge in [0.15, 0.2) is 5.82 Å². The van der Waals surface area contributed by atoms with Crippen LogP contribution in [0, 0.1) is 0 Å². The number of methoxy groups -OCH3 is 1. The molecule has 230 valence electrons. The van der Waals surface area contributed by atoms with Crippen LogP contribution in [0.3, 0.4) is 0 Å². The maximum absolute atomic E-state index is 13.3. The van der Waals surface area contributed by atoms with Crippen molar-refractivity contribution in [2.24, 2.45) is 0 Å². The van der Waals surface area contributed by atoms with E-state index in [1.165, 1.54) is 7.11 Å². The quantitative estimate of drug-likeness (QED) is 0.169. The van der Waals surface area contributed by atoms with Gasteiger partial charge in [-0.1, -0.05) is 121 Å². The number of aromatic nitrogens is 3. The zero-order valence-electron chi connectivity index (χ0n) is 25.8. The molecule has 6 rings (SSSR count). The number of hydrogen-bond acceptors (Lipinski definition) is 5. The number of hydrogen-bond donors (Lipinski definition) is 2. The summed E-state index contributed by atoms with van der Waals surface area (Å²) in [5.41, 5.74) is 4.27. The predicted molar refractivity (Wildman–Crippen MR) is 179 cm³/mol. The standard InChI is InChI=1S/C38H35N5O3/c1-27(28-15-7-3-8-16-28)40-35(44)24-32-23-34-33(25-39-32)37(41-36(45)26-46-2)42-43(34)38(29-17-9-4-10-18-29,30-19-11-5-12-20-30)31-21-13-6-14-22-31/h3-23,25,27H,24,26H2,1-2H3,(H,40,44)(H,41,42,45)/t27-/m1/s1. The van der Waals surface area contributed by atoms with E-state index in [0.717, 1.165) is 22.3 Å². The average Bonchev–Trinajstić information content (AvgIpc) is 3.44. The summed E-state index contributed by atoms with van der Waals surface area (Å²) < 4.78 is 7.03. The predicted octanol–water partition coefficient (Wildman–Crippen LogP) is 6.28. The number of anilines is 1. The summed E-state index contributed by atoms with van der Waals surface area (Å²) in [7, 11) is 1.47. The molecule has 8 nitrogen and oxygen atoms in total. The number of pyridine rings is 1. The van der Waals surface area contributed by atoms with Crippen molar-refractivity contribution in [3.8, 4) is 0 Å². The molecule has 0 saturated carbocycles. The number of ether oxygens (including phenoxy) is 1. The fourth-order valence-electron chi connectivity index (χ4n) is 5.98. The Morgan fingerprint density at radius 3 is 1.83 bits per heavy atom. The Labute approximate surface area is 268 Å². The Bertz CT molecular complexity index is 1830. The van der Waals surface area contributed by atoms with E-state index >= 15 is 0 Å². The largest absolute Gasteiger partial charge is 0.375 e. The number of amides is 2. The van der Waals surface area contributed by atoms with E-state index in [0.29, 0.717) is 22.4 Å². The number of benzene rings is 4. The molecule has 4 aromatic carbocycles. The van der Waals surface area contributed by atoms with E-state index in [-0.39, 0.29) is 30.9 Å². The third kappa shape index (κ3) is 6.03. The van der Waals surface area contributed by atoms with Crippen molar-refractivity contribution in [3.63, 3.8) is 0 Å². The second kappa shape index (κ2) is 13.6. The van der Waals surface area contributed by atoms with Crippen LogP contribution >= 0.6 is 0 Å². The van der Waals surface area contributed by atoms with Crippen LogP contribution in [-0.2, 0) is 26.3 Å². The first-order valence-electron chi connectivity index (χ1n) is 15.2. The van der Waals surface area contributed by atoms with E-state index in [4.69, 9.17) is 9.84 Å². The van der Waals surface area contributed by atoms with Gasteiger partial charge in [-0.2, -0.15) is 5.10 Å². The van der Waals surface area contributed by atoms with Gasteiger partial charge in [-0.25, -0.2) is 4.68 Å². The molecule has 0 radical (unpaired) electrons. The SMILES string of the molecule is COCC(=O)Nc1nn(C(c2ccccc2)(c2ccccc2)c2ccccc2)c2cc(CC(=O)N[C@H](C)c3ccccc3)ncc12. The molecule has 0 aliphatic heterocycles. The summed E-state index contributed by atoms with van der Waals surface area (Å²) >= 11 is 0. The Morgan fingerprint density at radius 2 is 1.30 bits per heavy atom. The highest BCUT2D eigenvalue weighted by atomic mass is 16.5. The lowest BCUT2D eigenvalue weighted by atomic mass is 9.77. The molecular formula is C38H35N5O3. The molecule has 1 atom stereocenters. The summed E-state index contributed by atoms with van der Waals surface area (Å²) in [6.45, 7) is 1.84. The van der Waals surface area contributed by atoms with Crippen LogP contribution in [0.2, 0.25) is 0 Å². The minimum atomic E-state index is -0.949. The molecule has 0 aliphatic carbocycles. The van der Waals surface area contributed by atoms with E-state index in [1.807, 2.05) is 103 Å².